The molecule has 0 saturated carbocycles. The monoisotopic (exact) mass is 959 g/mol. The van der Waals surface area contributed by atoms with Crippen molar-refractivity contribution in [2.45, 2.75) is 79.1 Å². The van der Waals surface area contributed by atoms with E-state index in [1.807, 2.05) is 19.1 Å². The van der Waals surface area contributed by atoms with Crippen LogP contribution in [0.5, 0.6) is 0 Å². The Balaban J connectivity index is 0.000000209. The van der Waals surface area contributed by atoms with Gasteiger partial charge in [-0.25, -0.2) is 19.9 Å². The summed E-state index contributed by atoms with van der Waals surface area (Å²) in [6.07, 6.45) is 14.5. The topological polar surface area (TPSA) is 130 Å². The van der Waals surface area contributed by atoms with Crippen molar-refractivity contribution in [3.05, 3.63) is 82.0 Å². The van der Waals surface area contributed by atoms with Crippen molar-refractivity contribution in [1.29, 1.82) is 0 Å². The summed E-state index contributed by atoms with van der Waals surface area (Å²) < 4.78 is 5.44. The standard InChI is InChI=1S/C25H35ClN6O.C23H33ClN6O.C3H8/c1-3-20(32-16-6-11-27-18-22(32)33)9-8-19(2)24-28-23(26)21-10-17-31(25(21)29-24)15-7-14-30-12-4-5-13-30;1-2-25-9-10-26-19-6-4-18(5-7-19)22-27-21(24)20-8-13-30(23(20)28-22)12-3-11-29-14-16-31-17-15-29;1-3-2/h3,8-9,27H,1,4-7,10-18H2,2H3;4-7,25-26H,2-3,8-17H2,1H3;3H2,1-2H3/b19-8+,20-9+;;. The average Bonchev–Trinajstić information content (AvgIpc) is 4.09. The molecule has 0 atom stereocenters. The summed E-state index contributed by atoms with van der Waals surface area (Å²) in [7, 11) is 0. The molecule has 5 aliphatic heterocycles. The van der Waals surface area contributed by atoms with Crippen LogP contribution in [0.4, 0.5) is 17.3 Å². The van der Waals surface area contributed by atoms with Crippen LogP contribution in [0.3, 0.4) is 0 Å². The maximum absolute atomic E-state index is 12.4. The molecule has 0 radical (unpaired) electrons. The minimum Gasteiger partial charge on any atom is -0.384 e. The number of likely N-dealkylation sites (N-methyl/N-ethyl adjacent to an activating group) is 1. The van der Waals surface area contributed by atoms with E-state index < -0.39 is 0 Å². The molecule has 14 nitrogen and oxygen atoms in total. The number of allylic oxidation sites excluding steroid dienone is 4. The van der Waals surface area contributed by atoms with E-state index in [1.165, 1.54) is 32.4 Å². The number of ether oxygens (including phenoxy) is 1. The highest BCUT2D eigenvalue weighted by molar-refractivity contribution is 6.31. The molecule has 2 aromatic heterocycles. The summed E-state index contributed by atoms with van der Waals surface area (Å²) in [5.41, 5.74) is 5.92. The van der Waals surface area contributed by atoms with Gasteiger partial charge in [0.15, 0.2) is 11.6 Å². The Morgan fingerprint density at radius 2 is 1.40 bits per heavy atom. The summed E-state index contributed by atoms with van der Waals surface area (Å²) in [5.74, 6) is 3.37. The number of amides is 1. The summed E-state index contributed by atoms with van der Waals surface area (Å²) in [5, 5.41) is 11.0. The molecule has 3 N–H and O–H groups in total. The number of carbonyl (C=O) groups excluding carboxylic acids is 1. The van der Waals surface area contributed by atoms with E-state index in [0.29, 0.717) is 35.0 Å². The zero-order chi connectivity index (χ0) is 47.4. The molecular formula is C51H76Cl2N12O2. The van der Waals surface area contributed by atoms with Gasteiger partial charge in [-0.05, 0) is 127 Å². The highest BCUT2D eigenvalue weighted by atomic mass is 35.5. The molecule has 8 rings (SSSR count). The maximum Gasteiger partial charge on any atom is 0.240 e. The van der Waals surface area contributed by atoms with Crippen LogP contribution < -0.4 is 25.8 Å². The Morgan fingerprint density at radius 1 is 0.776 bits per heavy atom. The van der Waals surface area contributed by atoms with Gasteiger partial charge in [0.1, 0.15) is 21.9 Å². The van der Waals surface area contributed by atoms with Gasteiger partial charge in [-0.1, -0.05) is 63.0 Å². The second kappa shape index (κ2) is 27.7. The number of aromatic nitrogens is 4. The maximum atomic E-state index is 12.4. The van der Waals surface area contributed by atoms with Gasteiger partial charge < -0.3 is 40.3 Å². The molecule has 67 heavy (non-hydrogen) atoms. The number of benzene rings is 1. The van der Waals surface area contributed by atoms with Gasteiger partial charge in [-0.15, -0.1) is 0 Å². The van der Waals surface area contributed by atoms with Crippen molar-refractivity contribution < 1.29 is 9.53 Å². The third-order valence-electron chi connectivity index (χ3n) is 12.6. The third kappa shape index (κ3) is 15.4. The molecule has 366 valence electrons. The molecule has 0 unspecified atom stereocenters. The van der Waals surface area contributed by atoms with Crippen LogP contribution in [0.2, 0.25) is 10.3 Å². The van der Waals surface area contributed by atoms with Crippen molar-refractivity contribution in [2.24, 2.45) is 0 Å². The number of carbonyl (C=O) groups is 1. The number of morpholine rings is 1. The van der Waals surface area contributed by atoms with Gasteiger partial charge in [0.2, 0.25) is 5.91 Å². The van der Waals surface area contributed by atoms with E-state index in [-0.39, 0.29) is 5.91 Å². The first-order valence-electron chi connectivity index (χ1n) is 24.9. The van der Waals surface area contributed by atoms with Crippen LogP contribution in [-0.2, 0) is 22.4 Å². The lowest BCUT2D eigenvalue weighted by Gasteiger charge is -2.27. The number of rotatable bonds is 18. The molecule has 1 amide bonds. The van der Waals surface area contributed by atoms with Crippen LogP contribution in [-0.4, -0.2) is 158 Å². The fraction of sp³-hybridized carbons (Fsp3) is 0.588. The SMILES string of the molecule is C=C/C(=C\C=C(/C)c1nc(Cl)c2c(n1)N(CCCN1CCCC1)CC2)N1CCCNCC1=O.CCC.CCNCCNc1ccc(-c2nc(Cl)c3c(n2)N(CCCN2CCOCC2)CC3)cc1. The second-order valence-corrected chi connectivity index (χ2v) is 18.5. The zero-order valence-corrected chi connectivity index (χ0v) is 42.2. The number of hydrogen-bond donors (Lipinski definition) is 3. The van der Waals surface area contributed by atoms with E-state index in [0.717, 1.165) is 169 Å². The fourth-order valence-electron chi connectivity index (χ4n) is 8.90. The number of nitrogens with one attached hydrogen (secondary N) is 3. The van der Waals surface area contributed by atoms with E-state index in [9.17, 15) is 4.79 Å². The second-order valence-electron chi connectivity index (χ2n) is 17.8. The van der Waals surface area contributed by atoms with Crippen LogP contribution in [0.15, 0.2) is 54.8 Å². The minimum absolute atomic E-state index is 0.0612. The van der Waals surface area contributed by atoms with Gasteiger partial charge in [0.05, 0.1) is 19.8 Å². The van der Waals surface area contributed by atoms with Crippen molar-refractivity contribution in [3.8, 4) is 11.4 Å². The normalized spacial score (nSPS) is 17.9. The van der Waals surface area contributed by atoms with E-state index >= 15 is 0 Å². The highest BCUT2D eigenvalue weighted by Crippen LogP contribution is 2.34. The molecular weight excluding hydrogens is 884 g/mol. The molecule has 16 heteroatoms. The summed E-state index contributed by atoms with van der Waals surface area (Å²) in [4.78, 5) is 42.9. The Hall–Kier alpha value is -4.15. The van der Waals surface area contributed by atoms with Crippen molar-refractivity contribution in [3.63, 3.8) is 0 Å². The summed E-state index contributed by atoms with van der Waals surface area (Å²) in [6.45, 7) is 29.3. The molecule has 7 heterocycles. The predicted octanol–water partition coefficient (Wildman–Crippen LogP) is 7.59. The van der Waals surface area contributed by atoms with Gasteiger partial charge in [-0.2, -0.15) is 0 Å². The van der Waals surface area contributed by atoms with Gasteiger partial charge in [-0.3, -0.25) is 9.69 Å². The number of fused-ring (bicyclic) bond motifs is 2. The predicted molar refractivity (Wildman–Crippen MR) is 278 cm³/mol. The highest BCUT2D eigenvalue weighted by Gasteiger charge is 2.27. The Labute approximate surface area is 410 Å². The largest absolute Gasteiger partial charge is 0.384 e. The molecule has 0 aliphatic carbocycles. The summed E-state index contributed by atoms with van der Waals surface area (Å²) >= 11 is 13.1. The van der Waals surface area contributed by atoms with Gasteiger partial charge in [0.25, 0.3) is 0 Å². The van der Waals surface area contributed by atoms with Crippen LogP contribution in [0, 0.1) is 0 Å². The molecule has 0 spiro atoms. The summed E-state index contributed by atoms with van der Waals surface area (Å²) in [6, 6.07) is 8.27. The first-order chi connectivity index (χ1) is 32.7. The van der Waals surface area contributed by atoms with Crippen molar-refractivity contribution in [1.82, 2.24) is 45.3 Å². The van der Waals surface area contributed by atoms with Crippen molar-refractivity contribution >= 4 is 52.0 Å². The van der Waals surface area contributed by atoms with Crippen molar-refractivity contribution in [2.75, 3.05) is 133 Å². The first kappa shape index (κ1) is 52.2. The van der Waals surface area contributed by atoms with Crippen LogP contribution >= 0.6 is 23.2 Å². The average molecular weight is 960 g/mol. The number of nitrogens with zero attached hydrogens (tertiary/aromatic N) is 9. The molecule has 3 fully saturated rings. The Morgan fingerprint density at radius 3 is 2.04 bits per heavy atom. The fourth-order valence-corrected chi connectivity index (χ4v) is 9.42. The molecule has 5 aliphatic rings. The first-order valence-corrected chi connectivity index (χ1v) is 25.7. The zero-order valence-electron chi connectivity index (χ0n) is 40.7. The Bertz CT molecular complexity index is 2090. The van der Waals surface area contributed by atoms with E-state index in [1.54, 1.807) is 11.0 Å². The van der Waals surface area contributed by atoms with Gasteiger partial charge in [0, 0.05) is 93.5 Å². The number of hydrogen-bond acceptors (Lipinski definition) is 13. The minimum atomic E-state index is 0.0612. The lowest BCUT2D eigenvalue weighted by molar-refractivity contribution is -0.127. The lowest BCUT2D eigenvalue weighted by atomic mass is 10.2. The quantitative estimate of drug-likeness (QED) is 0.0659. The third-order valence-corrected chi connectivity index (χ3v) is 13.2. The van der Waals surface area contributed by atoms with E-state index in [4.69, 9.17) is 37.9 Å². The number of halogens is 2. The van der Waals surface area contributed by atoms with Crippen LogP contribution in [0.25, 0.3) is 17.0 Å². The number of anilines is 3. The smallest absolute Gasteiger partial charge is 0.240 e. The molecule has 3 aromatic rings. The lowest BCUT2D eigenvalue weighted by Crippen LogP contribution is -2.38. The molecule has 0 bridgehead atoms. The van der Waals surface area contributed by atoms with E-state index in [2.05, 4.69) is 97.1 Å². The molecule has 1 aromatic carbocycles. The number of likely N-dealkylation sites (tertiary alicyclic amines) is 1. The van der Waals surface area contributed by atoms with Crippen LogP contribution in [0.1, 0.15) is 83.2 Å². The Kier molecular flexibility index (Phi) is 21.6. The molecule has 3 saturated heterocycles. The van der Waals surface area contributed by atoms with Gasteiger partial charge >= 0.3 is 0 Å².